The van der Waals surface area contributed by atoms with Gasteiger partial charge in [-0.2, -0.15) is 0 Å². The lowest BCUT2D eigenvalue weighted by atomic mass is 9.98. The molecule has 0 fully saturated rings. The van der Waals surface area contributed by atoms with Gasteiger partial charge >= 0.3 is 5.97 Å². The van der Waals surface area contributed by atoms with E-state index in [2.05, 4.69) is 0 Å². The van der Waals surface area contributed by atoms with Crippen molar-refractivity contribution in [1.29, 1.82) is 0 Å². The second kappa shape index (κ2) is 2.90. The maximum atomic E-state index is 11.4. The van der Waals surface area contributed by atoms with E-state index < -0.39 is 5.97 Å². The van der Waals surface area contributed by atoms with Gasteiger partial charge in [-0.15, -0.1) is 0 Å². The maximum absolute atomic E-state index is 11.4. The molecule has 0 saturated carbocycles. The average Bonchev–Trinajstić information content (AvgIpc) is 2.10. The molecule has 0 aromatic heterocycles. The number of fused-ring (bicyclic) bond motifs is 1. The zero-order chi connectivity index (χ0) is 10.3. The minimum atomic E-state index is -0.577. The largest absolute Gasteiger partial charge is 0.504 e. The van der Waals surface area contributed by atoms with Crippen LogP contribution in [0.1, 0.15) is 22.8 Å². The highest BCUT2D eigenvalue weighted by atomic mass is 16.5. The molecule has 2 rings (SSSR count). The maximum Gasteiger partial charge on any atom is 0.342 e. The molecule has 14 heavy (non-hydrogen) atoms. The predicted molar refractivity (Wildman–Crippen MR) is 48.4 cm³/mol. The molecule has 1 aromatic carbocycles. The molecule has 1 aliphatic heterocycles. The molecule has 0 saturated heterocycles. The Kier molecular flexibility index (Phi) is 1.84. The third-order valence-corrected chi connectivity index (χ3v) is 2.26. The van der Waals surface area contributed by atoms with Crippen LogP contribution in [0.25, 0.3) is 0 Å². The van der Waals surface area contributed by atoms with E-state index in [1.807, 2.05) is 0 Å². The number of carbonyl (C=O) groups is 1. The second-order valence-electron chi connectivity index (χ2n) is 3.39. The van der Waals surface area contributed by atoms with E-state index in [4.69, 9.17) is 4.74 Å². The molecule has 0 amide bonds. The number of benzene rings is 1. The topological polar surface area (TPSA) is 66.8 Å². The first-order valence-corrected chi connectivity index (χ1v) is 4.34. The standard InChI is InChI=1S/C10H10O4/c1-5-4-6-2-3-7(11)9(12)8(6)10(13)14-5/h2-3,5,11-12H,4H2,1H3. The molecule has 4 heteroatoms. The van der Waals surface area contributed by atoms with Crippen LogP contribution in [0.4, 0.5) is 0 Å². The van der Waals surface area contributed by atoms with E-state index in [0.29, 0.717) is 12.0 Å². The first-order chi connectivity index (χ1) is 6.59. The molecule has 0 radical (unpaired) electrons. The Labute approximate surface area is 80.7 Å². The van der Waals surface area contributed by atoms with Crippen molar-refractivity contribution < 1.29 is 19.7 Å². The molecule has 74 valence electrons. The van der Waals surface area contributed by atoms with Crippen LogP contribution in [0.5, 0.6) is 11.5 Å². The minimum Gasteiger partial charge on any atom is -0.504 e. The van der Waals surface area contributed by atoms with E-state index in [1.54, 1.807) is 13.0 Å². The highest BCUT2D eigenvalue weighted by Crippen LogP contribution is 2.34. The monoisotopic (exact) mass is 194 g/mol. The fourth-order valence-corrected chi connectivity index (χ4v) is 1.61. The van der Waals surface area contributed by atoms with Crippen LogP contribution in [0.15, 0.2) is 12.1 Å². The summed E-state index contributed by atoms with van der Waals surface area (Å²) in [6, 6.07) is 3.00. The van der Waals surface area contributed by atoms with Crippen molar-refractivity contribution in [2.75, 3.05) is 0 Å². The number of phenols is 2. The molecule has 1 atom stereocenters. The van der Waals surface area contributed by atoms with E-state index in [-0.39, 0.29) is 23.2 Å². The van der Waals surface area contributed by atoms with Crippen LogP contribution in [0.3, 0.4) is 0 Å². The molecule has 1 aliphatic rings. The molecule has 1 heterocycles. The van der Waals surface area contributed by atoms with E-state index >= 15 is 0 Å². The van der Waals surface area contributed by atoms with Crippen molar-refractivity contribution in [3.8, 4) is 11.5 Å². The highest BCUT2D eigenvalue weighted by molar-refractivity contribution is 5.96. The number of hydrogen-bond acceptors (Lipinski definition) is 4. The van der Waals surface area contributed by atoms with Crippen LogP contribution in [0, 0.1) is 0 Å². The number of hydrogen-bond donors (Lipinski definition) is 2. The van der Waals surface area contributed by atoms with Crippen molar-refractivity contribution in [2.24, 2.45) is 0 Å². The minimum absolute atomic E-state index is 0.0862. The SMILES string of the molecule is CC1Cc2ccc(O)c(O)c2C(=O)O1. The summed E-state index contributed by atoms with van der Waals surface area (Å²) in [5.41, 5.74) is 0.798. The first kappa shape index (κ1) is 8.87. The van der Waals surface area contributed by atoms with Crippen molar-refractivity contribution in [2.45, 2.75) is 19.4 Å². The molecular formula is C10H10O4. The number of phenolic OH excluding ortho intramolecular Hbond substituents is 2. The number of carbonyl (C=O) groups excluding carboxylic acids is 1. The molecular weight excluding hydrogens is 184 g/mol. The number of cyclic esters (lactones) is 1. The van der Waals surface area contributed by atoms with Gasteiger partial charge in [0.15, 0.2) is 11.5 Å². The third-order valence-electron chi connectivity index (χ3n) is 2.26. The van der Waals surface area contributed by atoms with Crippen LogP contribution in [0.2, 0.25) is 0 Å². The summed E-state index contributed by atoms with van der Waals surface area (Å²) in [4.78, 5) is 11.4. The summed E-state index contributed by atoms with van der Waals surface area (Å²) in [6.45, 7) is 1.78. The smallest absolute Gasteiger partial charge is 0.342 e. The van der Waals surface area contributed by atoms with Crippen molar-refractivity contribution in [1.82, 2.24) is 0 Å². The zero-order valence-electron chi connectivity index (χ0n) is 7.65. The summed E-state index contributed by atoms with van der Waals surface area (Å²) in [6.07, 6.45) is 0.383. The van der Waals surface area contributed by atoms with E-state index in [9.17, 15) is 15.0 Å². The Morgan fingerprint density at radius 3 is 2.86 bits per heavy atom. The molecule has 1 unspecified atom stereocenters. The highest BCUT2D eigenvalue weighted by Gasteiger charge is 2.27. The fourth-order valence-electron chi connectivity index (χ4n) is 1.61. The number of ether oxygens (including phenoxy) is 1. The molecule has 0 bridgehead atoms. The van der Waals surface area contributed by atoms with Gasteiger partial charge in [-0.3, -0.25) is 0 Å². The van der Waals surface area contributed by atoms with Gasteiger partial charge in [0.25, 0.3) is 0 Å². The van der Waals surface area contributed by atoms with Gasteiger partial charge in [-0.05, 0) is 18.6 Å². The molecule has 1 aromatic rings. The summed E-state index contributed by atoms with van der Waals surface area (Å²) in [7, 11) is 0. The van der Waals surface area contributed by atoms with Gasteiger partial charge in [0.2, 0.25) is 0 Å². The Hall–Kier alpha value is -1.71. The van der Waals surface area contributed by atoms with Crippen LogP contribution in [-0.2, 0) is 11.2 Å². The molecule has 0 aliphatic carbocycles. The fraction of sp³-hybridized carbons (Fsp3) is 0.300. The Balaban J connectivity index is 2.60. The third kappa shape index (κ3) is 1.19. The summed E-state index contributed by atoms with van der Waals surface area (Å²) >= 11 is 0. The average molecular weight is 194 g/mol. The number of aromatic hydroxyl groups is 2. The van der Waals surface area contributed by atoms with Crippen molar-refractivity contribution in [3.63, 3.8) is 0 Å². The molecule has 0 spiro atoms. The molecule has 2 N–H and O–H groups in total. The molecule has 4 nitrogen and oxygen atoms in total. The quantitative estimate of drug-likeness (QED) is 0.481. The predicted octanol–water partition coefficient (Wildman–Crippen LogP) is 1.20. The van der Waals surface area contributed by atoms with Gasteiger partial charge in [0, 0.05) is 6.42 Å². The Morgan fingerprint density at radius 1 is 1.43 bits per heavy atom. The van der Waals surface area contributed by atoms with Gasteiger partial charge in [0.1, 0.15) is 11.7 Å². The van der Waals surface area contributed by atoms with Gasteiger partial charge in [0.05, 0.1) is 0 Å². The van der Waals surface area contributed by atoms with E-state index in [1.165, 1.54) is 6.07 Å². The Morgan fingerprint density at radius 2 is 2.14 bits per heavy atom. The lowest BCUT2D eigenvalue weighted by Gasteiger charge is -2.22. The van der Waals surface area contributed by atoms with E-state index in [0.717, 1.165) is 0 Å². The summed E-state index contributed by atoms with van der Waals surface area (Å²) in [5.74, 6) is -1.26. The van der Waals surface area contributed by atoms with Crippen molar-refractivity contribution in [3.05, 3.63) is 23.3 Å². The first-order valence-electron chi connectivity index (χ1n) is 4.34. The lowest BCUT2D eigenvalue weighted by molar-refractivity contribution is 0.0296. The van der Waals surface area contributed by atoms with Crippen LogP contribution < -0.4 is 0 Å². The second-order valence-corrected chi connectivity index (χ2v) is 3.39. The summed E-state index contributed by atoms with van der Waals surface area (Å²) in [5, 5.41) is 18.7. The summed E-state index contributed by atoms with van der Waals surface area (Å²) < 4.78 is 4.94. The van der Waals surface area contributed by atoms with Gasteiger partial charge in [-0.1, -0.05) is 6.07 Å². The Bertz CT molecular complexity index is 397. The lowest BCUT2D eigenvalue weighted by Crippen LogP contribution is -2.25. The van der Waals surface area contributed by atoms with Crippen LogP contribution >= 0.6 is 0 Å². The zero-order valence-corrected chi connectivity index (χ0v) is 7.65. The van der Waals surface area contributed by atoms with Gasteiger partial charge < -0.3 is 14.9 Å². The normalized spacial score (nSPS) is 20.1. The number of esters is 1. The van der Waals surface area contributed by atoms with Gasteiger partial charge in [-0.25, -0.2) is 4.79 Å². The van der Waals surface area contributed by atoms with Crippen LogP contribution in [-0.4, -0.2) is 22.3 Å². The number of rotatable bonds is 0. The van der Waals surface area contributed by atoms with Crippen molar-refractivity contribution >= 4 is 5.97 Å².